The van der Waals surface area contributed by atoms with Gasteiger partial charge in [-0.05, 0) is 59.5 Å². The molecule has 0 saturated heterocycles. The minimum absolute atomic E-state index is 0.332. The number of hydrogen-bond donors (Lipinski definition) is 1. The number of ether oxygens (including phenoxy) is 1. The van der Waals surface area contributed by atoms with Crippen LogP contribution in [0.2, 0.25) is 5.02 Å². The average Bonchev–Trinajstić information content (AvgIpc) is 2.74. The molecule has 0 atom stereocenters. The van der Waals surface area contributed by atoms with Crippen LogP contribution >= 0.6 is 39.1 Å². The zero-order valence-corrected chi connectivity index (χ0v) is 14.0. The molecule has 4 nitrogen and oxygen atoms in total. The van der Waals surface area contributed by atoms with Gasteiger partial charge in [-0.15, -0.1) is 0 Å². The number of anilines is 2. The van der Waals surface area contributed by atoms with E-state index < -0.39 is 0 Å². The lowest BCUT2D eigenvalue weighted by atomic mass is 10.2. The maximum absolute atomic E-state index is 11.9. The van der Waals surface area contributed by atoms with E-state index in [1.807, 2.05) is 6.07 Å². The van der Waals surface area contributed by atoms with E-state index >= 15 is 0 Å². The fraction of sp³-hybridized carbons (Fsp3) is 0.231. The number of rotatable bonds is 4. The zero-order chi connectivity index (χ0) is 14.7. The molecule has 0 unspecified atom stereocenters. The van der Waals surface area contributed by atoms with Crippen molar-refractivity contribution in [3.63, 3.8) is 0 Å². The highest BCUT2D eigenvalue weighted by molar-refractivity contribution is 9.10. The Kier molecular flexibility index (Phi) is 5.01. The zero-order valence-electron chi connectivity index (χ0n) is 10.9. The van der Waals surface area contributed by atoms with E-state index in [0.29, 0.717) is 27.9 Å². The Hall–Kier alpha value is -1.11. The minimum Gasteiger partial charge on any atom is -0.462 e. The molecule has 0 bridgehead atoms. The van der Waals surface area contributed by atoms with Gasteiger partial charge in [0.15, 0.2) is 0 Å². The second-order valence-corrected chi connectivity index (χ2v) is 6.01. The first kappa shape index (κ1) is 15.3. The van der Waals surface area contributed by atoms with Gasteiger partial charge in [-0.1, -0.05) is 11.6 Å². The SMILES string of the molecule is CCOC(=O)c1c(C)nsc1Nc1ccc(Cl)cc1Br. The van der Waals surface area contributed by atoms with E-state index in [2.05, 4.69) is 25.6 Å². The third kappa shape index (κ3) is 3.31. The van der Waals surface area contributed by atoms with Gasteiger partial charge in [0.05, 0.1) is 18.0 Å². The maximum Gasteiger partial charge on any atom is 0.343 e. The van der Waals surface area contributed by atoms with Gasteiger partial charge in [-0.3, -0.25) is 0 Å². The van der Waals surface area contributed by atoms with Crippen LogP contribution in [-0.4, -0.2) is 16.9 Å². The highest BCUT2D eigenvalue weighted by atomic mass is 79.9. The number of benzene rings is 1. The van der Waals surface area contributed by atoms with E-state index in [1.165, 1.54) is 11.5 Å². The van der Waals surface area contributed by atoms with Gasteiger partial charge in [0, 0.05) is 9.50 Å². The molecule has 1 aromatic carbocycles. The lowest BCUT2D eigenvalue weighted by molar-refractivity contribution is 0.0527. The number of carbonyl (C=O) groups is 1. The summed E-state index contributed by atoms with van der Waals surface area (Å²) in [6.07, 6.45) is 0. The normalized spacial score (nSPS) is 10.4. The Morgan fingerprint density at radius 2 is 2.30 bits per heavy atom. The van der Waals surface area contributed by atoms with Gasteiger partial charge in [0.25, 0.3) is 0 Å². The maximum atomic E-state index is 11.9. The molecule has 0 aliphatic heterocycles. The van der Waals surface area contributed by atoms with Gasteiger partial charge in [0.2, 0.25) is 0 Å². The fourth-order valence-electron chi connectivity index (χ4n) is 1.61. The Morgan fingerprint density at radius 3 is 2.95 bits per heavy atom. The summed E-state index contributed by atoms with van der Waals surface area (Å²) in [5, 5.41) is 4.47. The average molecular weight is 376 g/mol. The van der Waals surface area contributed by atoms with Gasteiger partial charge in [-0.2, -0.15) is 4.37 Å². The van der Waals surface area contributed by atoms with Crippen LogP contribution in [-0.2, 0) is 4.74 Å². The topological polar surface area (TPSA) is 51.2 Å². The lowest BCUT2D eigenvalue weighted by Gasteiger charge is -2.09. The van der Waals surface area contributed by atoms with E-state index in [0.717, 1.165) is 10.2 Å². The van der Waals surface area contributed by atoms with E-state index in [9.17, 15) is 4.79 Å². The number of halogens is 2. The second-order valence-electron chi connectivity index (χ2n) is 3.94. The van der Waals surface area contributed by atoms with E-state index in [-0.39, 0.29) is 5.97 Å². The first-order valence-corrected chi connectivity index (χ1v) is 7.82. The van der Waals surface area contributed by atoms with Gasteiger partial charge >= 0.3 is 5.97 Å². The highest BCUT2D eigenvalue weighted by Gasteiger charge is 2.20. The molecule has 0 aliphatic carbocycles. The van der Waals surface area contributed by atoms with Crippen molar-refractivity contribution in [3.05, 3.63) is 39.0 Å². The van der Waals surface area contributed by atoms with Gasteiger partial charge in [-0.25, -0.2) is 4.79 Å². The monoisotopic (exact) mass is 374 g/mol. The molecule has 0 spiro atoms. The first-order chi connectivity index (χ1) is 9.52. The van der Waals surface area contributed by atoms with Crippen molar-refractivity contribution < 1.29 is 9.53 Å². The summed E-state index contributed by atoms with van der Waals surface area (Å²) in [6, 6.07) is 5.38. The predicted octanol–water partition coefficient (Wildman–Crippen LogP) is 4.79. The predicted molar refractivity (Wildman–Crippen MR) is 85.2 cm³/mol. The number of esters is 1. The molecule has 0 aliphatic rings. The minimum atomic E-state index is -0.369. The van der Waals surface area contributed by atoms with Crippen LogP contribution in [0.4, 0.5) is 10.7 Å². The number of hydrogen-bond acceptors (Lipinski definition) is 5. The van der Waals surface area contributed by atoms with Crippen LogP contribution in [0.5, 0.6) is 0 Å². The molecular formula is C13H12BrClN2O2S. The smallest absolute Gasteiger partial charge is 0.343 e. The summed E-state index contributed by atoms with van der Waals surface area (Å²) in [5.74, 6) is -0.369. The molecule has 1 N–H and O–H groups in total. The molecule has 2 aromatic rings. The molecule has 20 heavy (non-hydrogen) atoms. The van der Waals surface area contributed by atoms with Crippen LogP contribution in [0.25, 0.3) is 0 Å². The van der Waals surface area contributed by atoms with Gasteiger partial charge in [0.1, 0.15) is 10.6 Å². The summed E-state index contributed by atoms with van der Waals surface area (Å²) >= 11 is 10.6. The number of nitrogens with zero attached hydrogens (tertiary/aromatic N) is 1. The standard InChI is InChI=1S/C13H12BrClN2O2S/c1-3-19-13(18)11-7(2)17-20-12(11)16-10-5-4-8(15)6-9(10)14/h4-6,16H,3H2,1-2H3. The summed E-state index contributed by atoms with van der Waals surface area (Å²) in [6.45, 7) is 3.89. The van der Waals surface area contributed by atoms with Crippen molar-refractivity contribution in [2.24, 2.45) is 0 Å². The first-order valence-electron chi connectivity index (χ1n) is 5.88. The van der Waals surface area contributed by atoms with Crippen molar-refractivity contribution in [1.29, 1.82) is 0 Å². The molecule has 1 aromatic heterocycles. The Labute approximate surface area is 134 Å². The third-order valence-electron chi connectivity index (χ3n) is 2.52. The molecule has 0 amide bonds. The molecule has 7 heteroatoms. The molecule has 0 fully saturated rings. The van der Waals surface area contributed by atoms with Crippen molar-refractivity contribution in [1.82, 2.24) is 4.37 Å². The van der Waals surface area contributed by atoms with E-state index in [1.54, 1.807) is 26.0 Å². The summed E-state index contributed by atoms with van der Waals surface area (Å²) < 4.78 is 10.1. The highest BCUT2D eigenvalue weighted by Crippen LogP contribution is 2.33. The summed E-state index contributed by atoms with van der Waals surface area (Å²) in [7, 11) is 0. The van der Waals surface area contributed by atoms with Crippen LogP contribution in [0.1, 0.15) is 23.0 Å². The van der Waals surface area contributed by atoms with Crippen molar-refractivity contribution >= 4 is 55.7 Å². The molecule has 0 saturated carbocycles. The lowest BCUT2D eigenvalue weighted by Crippen LogP contribution is -2.07. The largest absolute Gasteiger partial charge is 0.462 e. The Balaban J connectivity index is 2.32. The number of aromatic nitrogens is 1. The van der Waals surface area contributed by atoms with Crippen LogP contribution in [0.3, 0.4) is 0 Å². The summed E-state index contributed by atoms with van der Waals surface area (Å²) in [5.41, 5.74) is 1.93. The number of carbonyl (C=O) groups excluding carboxylic acids is 1. The molecule has 2 rings (SSSR count). The third-order valence-corrected chi connectivity index (χ3v) is 4.27. The van der Waals surface area contributed by atoms with Crippen molar-refractivity contribution in [3.8, 4) is 0 Å². The Bertz CT molecular complexity index is 645. The molecular weight excluding hydrogens is 364 g/mol. The van der Waals surface area contributed by atoms with Crippen LogP contribution in [0.15, 0.2) is 22.7 Å². The Morgan fingerprint density at radius 1 is 1.55 bits per heavy atom. The van der Waals surface area contributed by atoms with Gasteiger partial charge < -0.3 is 10.1 Å². The second kappa shape index (κ2) is 6.56. The number of nitrogens with one attached hydrogen (secondary N) is 1. The number of aryl methyl sites for hydroxylation is 1. The quantitative estimate of drug-likeness (QED) is 0.781. The summed E-state index contributed by atoms with van der Waals surface area (Å²) in [4.78, 5) is 11.9. The van der Waals surface area contributed by atoms with Crippen molar-refractivity contribution in [2.45, 2.75) is 13.8 Å². The van der Waals surface area contributed by atoms with Crippen LogP contribution in [0, 0.1) is 6.92 Å². The molecule has 1 heterocycles. The van der Waals surface area contributed by atoms with E-state index in [4.69, 9.17) is 16.3 Å². The fourth-order valence-corrected chi connectivity index (χ4v) is 3.19. The van der Waals surface area contributed by atoms with Crippen LogP contribution < -0.4 is 5.32 Å². The van der Waals surface area contributed by atoms with Crippen molar-refractivity contribution in [2.75, 3.05) is 11.9 Å². The molecule has 0 radical (unpaired) electrons. The molecule has 106 valence electrons.